The molecule has 0 radical (unpaired) electrons. The van der Waals surface area contributed by atoms with Gasteiger partial charge in [-0.2, -0.15) is 5.10 Å². The lowest BCUT2D eigenvalue weighted by Gasteiger charge is -2.43. The normalized spacial score (nSPS) is 18.0. The van der Waals surface area contributed by atoms with Crippen LogP contribution in [0.2, 0.25) is 0 Å². The van der Waals surface area contributed by atoms with Crippen LogP contribution in [0.5, 0.6) is 0 Å². The predicted octanol–water partition coefficient (Wildman–Crippen LogP) is 4.00. The van der Waals surface area contributed by atoms with Crippen molar-refractivity contribution in [3.8, 4) is 0 Å². The Balaban J connectivity index is 1.21. The van der Waals surface area contributed by atoms with Gasteiger partial charge in [-0.3, -0.25) is 9.89 Å². The molecule has 2 aromatic heterocycles. The smallest absolute Gasteiger partial charge is 0.289 e. The zero-order valence-corrected chi connectivity index (χ0v) is 16.9. The summed E-state index contributed by atoms with van der Waals surface area (Å²) < 4.78 is 12.0. The van der Waals surface area contributed by atoms with Gasteiger partial charge in [-0.05, 0) is 49.1 Å². The van der Waals surface area contributed by atoms with Crippen LogP contribution >= 0.6 is 11.8 Å². The quantitative estimate of drug-likeness (QED) is 0.660. The Morgan fingerprint density at radius 1 is 1.17 bits per heavy atom. The van der Waals surface area contributed by atoms with Gasteiger partial charge in [0.25, 0.3) is 5.91 Å². The molecule has 4 heterocycles. The number of H-pyrrole nitrogens is 1. The van der Waals surface area contributed by atoms with Crippen molar-refractivity contribution in [1.82, 2.24) is 15.1 Å². The van der Waals surface area contributed by atoms with Crippen LogP contribution < -0.4 is 0 Å². The highest BCUT2D eigenvalue weighted by Gasteiger charge is 2.43. The van der Waals surface area contributed by atoms with E-state index in [2.05, 4.69) is 22.3 Å². The molecule has 1 N–H and O–H groups in total. The maximum absolute atomic E-state index is 12.9. The van der Waals surface area contributed by atoms with Gasteiger partial charge < -0.3 is 14.1 Å². The molecule has 0 unspecified atom stereocenters. The first-order valence-corrected chi connectivity index (χ1v) is 10.9. The second-order valence-corrected chi connectivity index (χ2v) is 8.57. The van der Waals surface area contributed by atoms with Gasteiger partial charge in [0.1, 0.15) is 11.4 Å². The number of piperidine rings is 1. The summed E-state index contributed by atoms with van der Waals surface area (Å²) in [4.78, 5) is 16.0. The summed E-state index contributed by atoms with van der Waals surface area (Å²) in [6, 6.07) is 13.9. The average molecular weight is 410 g/mol. The molecule has 2 aliphatic heterocycles. The molecular weight excluding hydrogens is 386 g/mol. The molecule has 0 aliphatic carbocycles. The number of nitrogens with zero attached hydrogens (tertiary/aromatic N) is 2. The van der Waals surface area contributed by atoms with E-state index in [0.29, 0.717) is 31.2 Å². The molecule has 3 aromatic rings. The standard InChI is InChI=1S/C22H23N3O3S/c26-21(19-7-6-17(28-19)15-29-18-4-2-1-3-5-18)25-11-9-22(10-12-25)20-16(8-13-27-22)14-23-24-20/h1-7,14H,8-13,15H2,(H,23,24). The Morgan fingerprint density at radius 2 is 2.00 bits per heavy atom. The lowest BCUT2D eigenvalue weighted by molar-refractivity contribution is -0.0964. The number of aromatic nitrogens is 2. The fraction of sp³-hybridized carbons (Fsp3) is 0.364. The number of nitrogens with one attached hydrogen (secondary N) is 1. The van der Waals surface area contributed by atoms with Gasteiger partial charge in [0.2, 0.25) is 0 Å². The van der Waals surface area contributed by atoms with Crippen LogP contribution in [0.3, 0.4) is 0 Å². The molecule has 0 atom stereocenters. The second kappa shape index (κ2) is 7.72. The van der Waals surface area contributed by atoms with Crippen LogP contribution in [-0.2, 0) is 22.5 Å². The van der Waals surface area contributed by atoms with Crippen LogP contribution in [0.1, 0.15) is 40.4 Å². The van der Waals surface area contributed by atoms with Crippen molar-refractivity contribution in [2.24, 2.45) is 0 Å². The first kappa shape index (κ1) is 18.5. The highest BCUT2D eigenvalue weighted by Crippen LogP contribution is 2.40. The van der Waals surface area contributed by atoms with Crippen molar-refractivity contribution < 1.29 is 13.9 Å². The third-order valence-corrected chi connectivity index (χ3v) is 6.81. The highest BCUT2D eigenvalue weighted by molar-refractivity contribution is 7.98. The fourth-order valence-corrected chi connectivity index (χ4v) is 5.00. The number of thioether (sulfide) groups is 1. The summed E-state index contributed by atoms with van der Waals surface area (Å²) in [6.07, 6.45) is 4.33. The molecule has 2 aliphatic rings. The number of rotatable bonds is 4. The maximum atomic E-state index is 12.9. The van der Waals surface area contributed by atoms with Crippen molar-refractivity contribution in [3.05, 3.63) is 71.4 Å². The number of benzene rings is 1. The maximum Gasteiger partial charge on any atom is 0.289 e. The summed E-state index contributed by atoms with van der Waals surface area (Å²) in [7, 11) is 0. The van der Waals surface area contributed by atoms with E-state index in [1.54, 1.807) is 17.8 Å². The predicted molar refractivity (Wildman–Crippen MR) is 110 cm³/mol. The monoisotopic (exact) mass is 409 g/mol. The summed E-state index contributed by atoms with van der Waals surface area (Å²) >= 11 is 1.70. The van der Waals surface area contributed by atoms with Crippen LogP contribution in [0, 0.1) is 0 Å². The largest absolute Gasteiger partial charge is 0.455 e. The van der Waals surface area contributed by atoms with E-state index < -0.39 is 0 Å². The number of fused-ring (bicyclic) bond motifs is 2. The summed E-state index contributed by atoms with van der Waals surface area (Å²) in [5.74, 6) is 1.89. The zero-order valence-electron chi connectivity index (χ0n) is 16.1. The Bertz CT molecular complexity index is 990. The van der Waals surface area contributed by atoms with Gasteiger partial charge in [-0.25, -0.2) is 0 Å². The molecule has 1 amide bonds. The minimum atomic E-state index is -0.332. The lowest BCUT2D eigenvalue weighted by atomic mass is 9.83. The number of carbonyl (C=O) groups excluding carboxylic acids is 1. The molecular formula is C22H23N3O3S. The SMILES string of the molecule is O=C(c1ccc(CSc2ccccc2)o1)N1CCC2(CC1)OCCc1cn[nH]c12. The fourth-order valence-electron chi connectivity index (χ4n) is 4.19. The Morgan fingerprint density at radius 3 is 2.83 bits per heavy atom. The Kier molecular flexibility index (Phi) is 4.93. The van der Waals surface area contributed by atoms with Crippen molar-refractivity contribution in [3.63, 3.8) is 0 Å². The average Bonchev–Trinajstić information content (AvgIpc) is 3.44. The molecule has 1 aromatic carbocycles. The van der Waals surface area contributed by atoms with E-state index in [1.807, 2.05) is 35.4 Å². The number of hydrogen-bond acceptors (Lipinski definition) is 5. The molecule has 0 bridgehead atoms. The van der Waals surface area contributed by atoms with E-state index >= 15 is 0 Å². The van der Waals surface area contributed by atoms with Gasteiger partial charge >= 0.3 is 0 Å². The van der Waals surface area contributed by atoms with Gasteiger partial charge in [-0.15, -0.1) is 11.8 Å². The molecule has 6 nitrogen and oxygen atoms in total. The molecule has 29 heavy (non-hydrogen) atoms. The van der Waals surface area contributed by atoms with Crippen molar-refractivity contribution in [2.75, 3.05) is 19.7 Å². The third-order valence-electron chi connectivity index (χ3n) is 5.78. The summed E-state index contributed by atoms with van der Waals surface area (Å²) in [5, 5.41) is 7.32. The van der Waals surface area contributed by atoms with E-state index in [1.165, 1.54) is 10.5 Å². The van der Waals surface area contributed by atoms with Crippen LogP contribution in [0.25, 0.3) is 0 Å². The minimum absolute atomic E-state index is 0.0449. The number of amides is 1. The number of carbonyl (C=O) groups is 1. The number of ether oxygens (including phenoxy) is 1. The molecule has 7 heteroatoms. The van der Waals surface area contributed by atoms with Crippen LogP contribution in [0.15, 0.2) is 58.0 Å². The highest BCUT2D eigenvalue weighted by atomic mass is 32.2. The molecule has 150 valence electrons. The van der Waals surface area contributed by atoms with E-state index in [-0.39, 0.29) is 11.5 Å². The zero-order chi connectivity index (χ0) is 19.7. The van der Waals surface area contributed by atoms with Crippen molar-refractivity contribution in [2.45, 2.75) is 35.5 Å². The number of hydrogen-bond donors (Lipinski definition) is 1. The third kappa shape index (κ3) is 3.60. The first-order chi connectivity index (χ1) is 14.2. The van der Waals surface area contributed by atoms with E-state index in [9.17, 15) is 4.79 Å². The topological polar surface area (TPSA) is 71.4 Å². The number of furan rings is 1. The van der Waals surface area contributed by atoms with Crippen molar-refractivity contribution >= 4 is 17.7 Å². The molecule has 5 rings (SSSR count). The molecule has 0 saturated carbocycles. The van der Waals surface area contributed by atoms with E-state index in [4.69, 9.17) is 9.15 Å². The van der Waals surface area contributed by atoms with Crippen LogP contribution in [0.4, 0.5) is 0 Å². The Labute approximate surface area is 173 Å². The van der Waals surface area contributed by atoms with E-state index in [0.717, 1.165) is 30.7 Å². The summed E-state index contributed by atoms with van der Waals surface area (Å²) in [6.45, 7) is 2.00. The summed E-state index contributed by atoms with van der Waals surface area (Å²) in [5.41, 5.74) is 2.00. The second-order valence-electron chi connectivity index (χ2n) is 7.52. The molecule has 1 saturated heterocycles. The number of aromatic amines is 1. The Hall–Kier alpha value is -2.51. The van der Waals surface area contributed by atoms with Gasteiger partial charge in [0, 0.05) is 18.0 Å². The lowest BCUT2D eigenvalue weighted by Crippen LogP contribution is -2.48. The number of likely N-dealkylation sites (tertiary alicyclic amines) is 1. The molecule has 1 spiro atoms. The van der Waals surface area contributed by atoms with Crippen LogP contribution in [-0.4, -0.2) is 40.7 Å². The van der Waals surface area contributed by atoms with Gasteiger partial charge in [-0.1, -0.05) is 18.2 Å². The van der Waals surface area contributed by atoms with Crippen molar-refractivity contribution in [1.29, 1.82) is 0 Å². The van der Waals surface area contributed by atoms with Gasteiger partial charge in [0.05, 0.1) is 24.3 Å². The minimum Gasteiger partial charge on any atom is -0.455 e. The molecule has 1 fully saturated rings. The first-order valence-electron chi connectivity index (χ1n) is 9.96. The van der Waals surface area contributed by atoms with Gasteiger partial charge in [0.15, 0.2) is 5.76 Å².